The summed E-state index contributed by atoms with van der Waals surface area (Å²) in [4.78, 5) is 96.5. The molecule has 0 bridgehead atoms. The van der Waals surface area contributed by atoms with Crippen molar-refractivity contribution in [1.82, 2.24) is 30.7 Å². The van der Waals surface area contributed by atoms with E-state index < -0.39 is 53.7 Å². The Morgan fingerprint density at radius 2 is 1.46 bits per heavy atom. The Kier molecular flexibility index (Phi) is 25.7. The summed E-state index contributed by atoms with van der Waals surface area (Å²) in [6.45, 7) is 14.6. The molecule has 0 saturated carbocycles. The van der Waals surface area contributed by atoms with Crippen LogP contribution in [0.15, 0.2) is 42.5 Å². The van der Waals surface area contributed by atoms with Crippen LogP contribution in [0, 0.1) is 17.8 Å². The minimum Gasteiger partial charge on any atom is -0.467 e. The smallest absolute Gasteiger partial charge is 0.328 e. The summed E-state index contributed by atoms with van der Waals surface area (Å²) in [6, 6.07) is 7.01. The molecule has 1 aromatic rings. The summed E-state index contributed by atoms with van der Waals surface area (Å²) in [5.74, 6) is -3.49. The number of methoxy groups -OCH3 is 3. The second-order valence-electron chi connectivity index (χ2n) is 19.0. The number of benzene rings is 1. The first kappa shape index (κ1) is 60.4. The van der Waals surface area contributed by atoms with Crippen LogP contribution in [0.25, 0.3) is 0 Å². The quantitative estimate of drug-likeness (QED) is 0.0409. The molecule has 3 rings (SSSR count). The number of likely N-dealkylation sites (N-methyl/N-ethyl adjacent to an activating group) is 1. The molecule has 6 amide bonds. The summed E-state index contributed by atoms with van der Waals surface area (Å²) in [7, 11) is 6.13. The molecule has 8 atom stereocenters. The zero-order valence-corrected chi connectivity index (χ0v) is 44.5. The molecule has 1 fully saturated rings. The first-order chi connectivity index (χ1) is 33.7. The molecule has 0 spiro atoms. The van der Waals surface area contributed by atoms with E-state index in [2.05, 4.69) is 16.0 Å². The third-order valence-electron chi connectivity index (χ3n) is 13.2. The molecular weight excluding hydrogens is 937 g/mol. The van der Waals surface area contributed by atoms with E-state index in [-0.39, 0.29) is 106 Å². The lowest BCUT2D eigenvalue weighted by atomic mass is 9.89. The Balaban J connectivity index is 1.56. The Morgan fingerprint density at radius 3 is 2.03 bits per heavy atom. The largest absolute Gasteiger partial charge is 0.467 e. The fourth-order valence-electron chi connectivity index (χ4n) is 8.83. The molecule has 1 aromatic carbocycles. The number of carbonyl (C=O) groups is 7. The highest BCUT2D eigenvalue weighted by Gasteiger charge is 2.43. The van der Waals surface area contributed by atoms with E-state index in [0.29, 0.717) is 30.8 Å². The Labute approximate surface area is 425 Å². The van der Waals surface area contributed by atoms with Gasteiger partial charge in [-0.1, -0.05) is 83.6 Å². The van der Waals surface area contributed by atoms with Crippen molar-refractivity contribution in [3.63, 3.8) is 0 Å². The van der Waals surface area contributed by atoms with Crippen LogP contribution in [0.2, 0.25) is 0 Å². The first-order valence-corrected chi connectivity index (χ1v) is 25.1. The fourth-order valence-corrected chi connectivity index (χ4v) is 9.11. The average Bonchev–Trinajstić information content (AvgIpc) is 3.96. The molecule has 71 heavy (non-hydrogen) atoms. The van der Waals surface area contributed by atoms with Crippen molar-refractivity contribution in [2.75, 3.05) is 81.1 Å². The van der Waals surface area contributed by atoms with Gasteiger partial charge in [-0.3, -0.25) is 33.7 Å². The molecule has 0 aliphatic carbocycles. The standard InChI is InChI=1S/C51H80N6O13S/c1-12-34(4)45(39(65-9)32-43(61)56-23-16-19-38(56)46(66-10)35(5)47(71)52-37(49(63)67-11)31-36-17-14-13-15-18-36)55(8)48(62)44(33(2)3)53-50(64)51(6,7)54-40(58)22-25-68-27-29-70-30-28-69-26-24-57-41(59)20-21-42(57)60/h13-15,17-18,20-21,33-35,37-39,44-46H,12,16,19,22-32H2,1-11H3,(H,52,71)(H,53,64)(H,54,58)/t34?,35?,37?,38-,39?,44?,45?,46?/m0/s1. The second-order valence-corrected chi connectivity index (χ2v) is 19.4. The molecule has 3 N–H and O–H groups in total. The van der Waals surface area contributed by atoms with Crippen molar-refractivity contribution in [1.29, 1.82) is 0 Å². The number of nitrogens with one attached hydrogen (secondary N) is 3. The number of carbonyl (C=O) groups excluding carboxylic acids is 7. The van der Waals surface area contributed by atoms with E-state index in [1.807, 2.05) is 69.9 Å². The summed E-state index contributed by atoms with van der Waals surface area (Å²) in [5, 5.41) is 8.86. The number of nitrogens with zero attached hydrogens (tertiary/aromatic N) is 3. The number of ether oxygens (including phenoxy) is 6. The number of hydrogen-bond donors (Lipinski definition) is 3. The van der Waals surface area contributed by atoms with Crippen LogP contribution >= 0.6 is 12.2 Å². The Bertz CT molecular complexity index is 1940. The van der Waals surface area contributed by atoms with Crippen molar-refractivity contribution in [3.05, 3.63) is 48.0 Å². The van der Waals surface area contributed by atoms with Crippen molar-refractivity contribution in [2.45, 2.75) is 129 Å². The lowest BCUT2D eigenvalue weighted by molar-refractivity contribution is -0.147. The van der Waals surface area contributed by atoms with Gasteiger partial charge in [-0.25, -0.2) is 4.79 Å². The van der Waals surface area contributed by atoms with E-state index in [0.717, 1.165) is 16.9 Å². The topological polar surface area (TPSA) is 221 Å². The molecule has 2 aliphatic heterocycles. The predicted octanol–water partition coefficient (Wildman–Crippen LogP) is 3.01. The maximum atomic E-state index is 14.5. The van der Waals surface area contributed by atoms with Crippen LogP contribution < -0.4 is 16.0 Å². The Morgan fingerprint density at radius 1 is 0.859 bits per heavy atom. The van der Waals surface area contributed by atoms with Crippen molar-refractivity contribution in [3.8, 4) is 0 Å². The predicted molar refractivity (Wildman–Crippen MR) is 270 cm³/mol. The number of thiocarbonyl (C=S) groups is 1. The van der Waals surface area contributed by atoms with Crippen molar-refractivity contribution in [2.24, 2.45) is 17.8 Å². The summed E-state index contributed by atoms with van der Waals surface area (Å²) < 4.78 is 33.6. The highest BCUT2D eigenvalue weighted by atomic mass is 32.1. The molecule has 2 heterocycles. The molecule has 0 radical (unpaired) electrons. The summed E-state index contributed by atoms with van der Waals surface area (Å²) >= 11 is 5.87. The van der Waals surface area contributed by atoms with E-state index >= 15 is 0 Å². The summed E-state index contributed by atoms with van der Waals surface area (Å²) in [6.07, 6.45) is 3.67. The fraction of sp³-hybridized carbons (Fsp3) is 0.686. The van der Waals surface area contributed by atoms with Gasteiger partial charge in [0.05, 0.1) is 89.0 Å². The molecule has 19 nitrogen and oxygen atoms in total. The van der Waals surface area contributed by atoms with Gasteiger partial charge in [-0.15, -0.1) is 0 Å². The third kappa shape index (κ3) is 18.3. The third-order valence-corrected chi connectivity index (χ3v) is 13.6. The van der Waals surface area contributed by atoms with Gasteiger partial charge < -0.3 is 54.2 Å². The number of rotatable bonds is 32. The number of likely N-dealkylation sites (tertiary alicyclic amines) is 1. The van der Waals surface area contributed by atoms with Gasteiger partial charge in [-0.2, -0.15) is 0 Å². The van der Waals surface area contributed by atoms with Gasteiger partial charge in [0.2, 0.25) is 23.6 Å². The Hall–Kier alpha value is -4.86. The van der Waals surface area contributed by atoms with Gasteiger partial charge in [0.15, 0.2) is 0 Å². The lowest BCUT2D eigenvalue weighted by Gasteiger charge is -2.41. The minimum atomic E-state index is -1.38. The number of hydrogen-bond acceptors (Lipinski definition) is 14. The maximum absolute atomic E-state index is 14.5. The zero-order valence-electron chi connectivity index (χ0n) is 43.7. The molecule has 0 aromatic heterocycles. The zero-order chi connectivity index (χ0) is 52.8. The molecule has 2 aliphatic rings. The van der Waals surface area contributed by atoms with Crippen molar-refractivity contribution >= 4 is 58.6 Å². The van der Waals surface area contributed by atoms with Crippen LogP contribution in [0.5, 0.6) is 0 Å². The summed E-state index contributed by atoms with van der Waals surface area (Å²) in [5.41, 5.74) is -0.443. The van der Waals surface area contributed by atoms with Gasteiger partial charge >= 0.3 is 5.97 Å². The number of imide groups is 1. The van der Waals surface area contributed by atoms with Crippen molar-refractivity contribution < 1.29 is 62.0 Å². The second kappa shape index (κ2) is 30.2. The minimum absolute atomic E-state index is 0.0216. The molecule has 7 unspecified atom stereocenters. The maximum Gasteiger partial charge on any atom is 0.328 e. The van der Waals surface area contributed by atoms with Gasteiger partial charge in [0, 0.05) is 58.7 Å². The van der Waals surface area contributed by atoms with Crippen LogP contribution in [0.3, 0.4) is 0 Å². The number of esters is 1. The monoisotopic (exact) mass is 1020 g/mol. The lowest BCUT2D eigenvalue weighted by Crippen LogP contribution is -2.62. The molecular formula is C51H80N6O13S. The first-order valence-electron chi connectivity index (χ1n) is 24.6. The average molecular weight is 1020 g/mol. The van der Waals surface area contributed by atoms with E-state index in [1.165, 1.54) is 26.4 Å². The van der Waals surface area contributed by atoms with Gasteiger partial charge in [0.1, 0.15) is 17.6 Å². The normalized spacial score (nSPS) is 17.8. The van der Waals surface area contributed by atoms with E-state index in [4.69, 9.17) is 40.6 Å². The molecule has 398 valence electrons. The van der Waals surface area contributed by atoms with Crippen LogP contribution in [0.4, 0.5) is 0 Å². The highest BCUT2D eigenvalue weighted by Crippen LogP contribution is 2.30. The molecule has 20 heteroatoms. The van der Waals surface area contributed by atoms with Crippen LogP contribution in [0.1, 0.15) is 86.1 Å². The van der Waals surface area contributed by atoms with Crippen LogP contribution in [-0.4, -0.2) is 184 Å². The SMILES string of the molecule is CCC(C)C(C(CC(=O)N1CCC[C@H]1C(OC)C(C)C(=S)NC(Cc1ccccc1)C(=O)OC)OC)N(C)C(=O)C(NC(=O)C(C)(C)NC(=O)CCOCCOCCOCCN1C(=O)C=CC1=O)C(C)C. The molecule has 1 saturated heterocycles. The van der Waals surface area contributed by atoms with Gasteiger partial charge in [0.25, 0.3) is 11.8 Å². The van der Waals surface area contributed by atoms with Gasteiger partial charge in [-0.05, 0) is 44.1 Å². The van der Waals surface area contributed by atoms with Crippen LogP contribution in [-0.2, 0) is 68.4 Å². The number of amides is 6. The highest BCUT2D eigenvalue weighted by molar-refractivity contribution is 7.80. The van der Waals surface area contributed by atoms with E-state index in [9.17, 15) is 33.6 Å². The van der Waals surface area contributed by atoms with E-state index in [1.54, 1.807) is 32.9 Å².